The topological polar surface area (TPSA) is 81.9 Å². The van der Waals surface area contributed by atoms with Crippen molar-refractivity contribution >= 4 is 23.4 Å². The van der Waals surface area contributed by atoms with E-state index in [0.29, 0.717) is 22.9 Å². The molecule has 0 saturated carbocycles. The van der Waals surface area contributed by atoms with Gasteiger partial charge in [0.05, 0.1) is 19.6 Å². The lowest BCUT2D eigenvalue weighted by Gasteiger charge is -2.42. The summed E-state index contributed by atoms with van der Waals surface area (Å²) < 4.78 is 24.6. The van der Waals surface area contributed by atoms with Gasteiger partial charge in [0.15, 0.2) is 0 Å². The van der Waals surface area contributed by atoms with Crippen LogP contribution in [0.25, 0.3) is 0 Å². The smallest absolute Gasteiger partial charge is 0.254 e. The Morgan fingerprint density at radius 1 is 1.18 bits per heavy atom. The maximum absolute atomic E-state index is 13.1. The van der Waals surface area contributed by atoms with E-state index in [-0.39, 0.29) is 37.9 Å². The summed E-state index contributed by atoms with van der Waals surface area (Å²) in [6, 6.07) is 12.1. The predicted octanol–water partition coefficient (Wildman–Crippen LogP) is 2.64. The van der Waals surface area contributed by atoms with Gasteiger partial charge in [0, 0.05) is 17.1 Å². The van der Waals surface area contributed by atoms with E-state index in [1.165, 1.54) is 24.3 Å². The maximum atomic E-state index is 13.1. The third-order valence-electron chi connectivity index (χ3n) is 4.44. The number of ether oxygens (including phenoxy) is 2. The first kappa shape index (κ1) is 20.1. The van der Waals surface area contributed by atoms with E-state index in [0.717, 1.165) is 0 Å². The van der Waals surface area contributed by atoms with Gasteiger partial charge in [0.1, 0.15) is 23.8 Å². The third kappa shape index (κ3) is 4.99. The fraction of sp³-hybridized carbons (Fsp3) is 0.300. The molecule has 3 rings (SSSR count). The third-order valence-corrected chi connectivity index (χ3v) is 4.69. The van der Waals surface area contributed by atoms with Crippen molar-refractivity contribution in [1.82, 2.24) is 4.90 Å². The zero-order chi connectivity index (χ0) is 20.1. The van der Waals surface area contributed by atoms with Gasteiger partial charge in [-0.05, 0) is 48.5 Å². The summed E-state index contributed by atoms with van der Waals surface area (Å²) in [7, 11) is 0. The van der Waals surface area contributed by atoms with Crippen molar-refractivity contribution in [2.45, 2.75) is 12.0 Å². The van der Waals surface area contributed by atoms with E-state index in [4.69, 9.17) is 26.8 Å². The molecule has 1 saturated heterocycles. The molecule has 0 aliphatic carbocycles. The molecule has 0 radical (unpaired) electrons. The van der Waals surface area contributed by atoms with Crippen LogP contribution in [-0.4, -0.2) is 48.6 Å². The van der Waals surface area contributed by atoms with Gasteiger partial charge in [0.2, 0.25) is 5.91 Å². The first-order valence-corrected chi connectivity index (χ1v) is 9.10. The molecule has 2 amide bonds. The number of carbonyl (C=O) groups is 2. The molecule has 1 heterocycles. The zero-order valence-corrected chi connectivity index (χ0v) is 15.8. The fourth-order valence-electron chi connectivity index (χ4n) is 3.10. The lowest BCUT2D eigenvalue weighted by atomic mass is 9.97. The second-order valence-corrected chi connectivity index (χ2v) is 7.09. The van der Waals surface area contributed by atoms with Gasteiger partial charge in [0.25, 0.3) is 5.91 Å². The van der Waals surface area contributed by atoms with Crippen molar-refractivity contribution in [1.29, 1.82) is 0 Å². The molecule has 2 aromatic rings. The Labute approximate surface area is 167 Å². The standard InChI is InChI=1S/C20H20ClFN2O4/c21-15-3-1-14(2-4-15)19(26)24-9-10-28-20(12-24,11-18(23)25)13-27-17-7-5-16(22)6-8-17/h1-8H,9-13H2,(H2,23,25)/t20-/m0/s1. The molecule has 1 aliphatic rings. The van der Waals surface area contributed by atoms with E-state index in [9.17, 15) is 14.0 Å². The van der Waals surface area contributed by atoms with Crippen molar-refractivity contribution < 1.29 is 23.5 Å². The monoisotopic (exact) mass is 406 g/mol. The van der Waals surface area contributed by atoms with Crippen molar-refractivity contribution in [3.05, 3.63) is 64.9 Å². The average molecular weight is 407 g/mol. The van der Waals surface area contributed by atoms with Crippen molar-refractivity contribution in [3.63, 3.8) is 0 Å². The van der Waals surface area contributed by atoms with Crippen molar-refractivity contribution in [2.75, 3.05) is 26.3 Å². The molecule has 1 fully saturated rings. The summed E-state index contributed by atoms with van der Waals surface area (Å²) in [6.45, 7) is 0.739. The van der Waals surface area contributed by atoms with Crippen molar-refractivity contribution in [3.8, 4) is 5.75 Å². The Kier molecular flexibility index (Phi) is 6.16. The van der Waals surface area contributed by atoms with Gasteiger partial charge in [-0.25, -0.2) is 4.39 Å². The van der Waals surface area contributed by atoms with Gasteiger partial charge in [-0.15, -0.1) is 0 Å². The van der Waals surface area contributed by atoms with Crippen LogP contribution >= 0.6 is 11.6 Å². The highest BCUT2D eigenvalue weighted by molar-refractivity contribution is 6.30. The highest BCUT2D eigenvalue weighted by atomic mass is 35.5. The van der Waals surface area contributed by atoms with E-state index >= 15 is 0 Å². The van der Waals surface area contributed by atoms with Gasteiger partial charge < -0.3 is 20.1 Å². The lowest BCUT2D eigenvalue weighted by molar-refractivity contribution is -0.142. The zero-order valence-electron chi connectivity index (χ0n) is 15.1. The Balaban J connectivity index is 1.75. The minimum absolute atomic E-state index is 0.00797. The summed E-state index contributed by atoms with van der Waals surface area (Å²) in [5.74, 6) is -0.720. The second-order valence-electron chi connectivity index (χ2n) is 6.65. The van der Waals surface area contributed by atoms with Crippen LogP contribution < -0.4 is 10.5 Å². The highest BCUT2D eigenvalue weighted by Gasteiger charge is 2.41. The van der Waals surface area contributed by atoms with Crippen LogP contribution in [0.1, 0.15) is 16.8 Å². The van der Waals surface area contributed by atoms with E-state index in [2.05, 4.69) is 0 Å². The SMILES string of the molecule is NC(=O)C[C@@]1(COc2ccc(F)cc2)CN(C(=O)c2ccc(Cl)cc2)CCO1. The van der Waals surface area contributed by atoms with Crippen LogP contribution in [0.5, 0.6) is 5.75 Å². The molecule has 2 aromatic carbocycles. The first-order chi connectivity index (χ1) is 13.4. The van der Waals surface area contributed by atoms with Crippen LogP contribution in [-0.2, 0) is 9.53 Å². The molecule has 0 aromatic heterocycles. The van der Waals surface area contributed by atoms with Gasteiger partial charge in [-0.1, -0.05) is 11.6 Å². The number of morpholine rings is 1. The van der Waals surface area contributed by atoms with Gasteiger partial charge in [-0.3, -0.25) is 9.59 Å². The van der Waals surface area contributed by atoms with E-state index in [1.54, 1.807) is 29.2 Å². The van der Waals surface area contributed by atoms with Gasteiger partial charge in [-0.2, -0.15) is 0 Å². The van der Waals surface area contributed by atoms with Crippen LogP contribution in [0.3, 0.4) is 0 Å². The molecule has 0 spiro atoms. The molecule has 1 atom stereocenters. The van der Waals surface area contributed by atoms with Crippen LogP contribution in [0.15, 0.2) is 48.5 Å². The summed E-state index contributed by atoms with van der Waals surface area (Å²) in [4.78, 5) is 26.1. The number of primary amides is 1. The minimum Gasteiger partial charge on any atom is -0.490 e. The highest BCUT2D eigenvalue weighted by Crippen LogP contribution is 2.25. The van der Waals surface area contributed by atoms with E-state index in [1.807, 2.05) is 0 Å². The summed E-state index contributed by atoms with van der Waals surface area (Å²) in [5, 5.41) is 0.536. The number of carbonyl (C=O) groups excluding carboxylic acids is 2. The quantitative estimate of drug-likeness (QED) is 0.799. The molecule has 28 heavy (non-hydrogen) atoms. The van der Waals surface area contributed by atoms with Crippen LogP contribution in [0.2, 0.25) is 5.02 Å². The summed E-state index contributed by atoms with van der Waals surface area (Å²) >= 11 is 5.88. The Morgan fingerprint density at radius 2 is 1.86 bits per heavy atom. The fourth-order valence-corrected chi connectivity index (χ4v) is 3.23. The predicted molar refractivity (Wildman–Crippen MR) is 102 cm³/mol. The molecule has 8 heteroatoms. The largest absolute Gasteiger partial charge is 0.490 e. The van der Waals surface area contributed by atoms with Gasteiger partial charge >= 0.3 is 0 Å². The summed E-state index contributed by atoms with van der Waals surface area (Å²) in [6.07, 6.45) is -0.113. The lowest BCUT2D eigenvalue weighted by Crippen LogP contribution is -2.58. The first-order valence-electron chi connectivity index (χ1n) is 8.72. The number of amides is 2. The normalized spacial score (nSPS) is 19.3. The molecule has 1 aliphatic heterocycles. The molecular weight excluding hydrogens is 387 g/mol. The van der Waals surface area contributed by atoms with Crippen LogP contribution in [0.4, 0.5) is 4.39 Å². The van der Waals surface area contributed by atoms with Crippen LogP contribution in [0, 0.1) is 5.82 Å². The van der Waals surface area contributed by atoms with Crippen molar-refractivity contribution in [2.24, 2.45) is 5.73 Å². The Morgan fingerprint density at radius 3 is 2.50 bits per heavy atom. The molecule has 0 unspecified atom stereocenters. The van der Waals surface area contributed by atoms with E-state index < -0.39 is 11.5 Å². The number of nitrogens with zero attached hydrogens (tertiary/aromatic N) is 1. The maximum Gasteiger partial charge on any atom is 0.254 e. The molecule has 6 nitrogen and oxygen atoms in total. The number of hydrogen-bond donors (Lipinski definition) is 1. The number of nitrogens with two attached hydrogens (primary N) is 1. The molecule has 0 bridgehead atoms. The minimum atomic E-state index is -1.08. The Hall–Kier alpha value is -2.64. The molecular formula is C20H20ClFN2O4. The summed E-state index contributed by atoms with van der Waals surface area (Å²) in [5.41, 5.74) is 4.81. The number of benzene rings is 2. The average Bonchev–Trinajstić information content (AvgIpc) is 2.67. The Bertz CT molecular complexity index is 844. The number of hydrogen-bond acceptors (Lipinski definition) is 4. The second kappa shape index (κ2) is 8.58. The number of halogens is 2. The number of rotatable bonds is 6. The molecule has 148 valence electrons. The molecule has 2 N–H and O–H groups in total.